The van der Waals surface area contributed by atoms with Gasteiger partial charge in [0.1, 0.15) is 5.75 Å². The largest absolute Gasteiger partial charge is 0.424 e. The predicted octanol–water partition coefficient (Wildman–Crippen LogP) is 1.10. The van der Waals surface area contributed by atoms with Gasteiger partial charge in [-0.1, -0.05) is 36.4 Å². The summed E-state index contributed by atoms with van der Waals surface area (Å²) in [6.07, 6.45) is -1.51. The summed E-state index contributed by atoms with van der Waals surface area (Å²) in [6.45, 7) is -0.649. The first-order valence-electron chi connectivity index (χ1n) is 5.21. The van der Waals surface area contributed by atoms with Crippen LogP contribution in [0.15, 0.2) is 42.5 Å². The maximum atomic E-state index is 11.4. The zero-order chi connectivity index (χ0) is 12.3. The van der Waals surface area contributed by atoms with Gasteiger partial charge in [-0.05, 0) is 11.5 Å². The van der Waals surface area contributed by atoms with Crippen molar-refractivity contribution in [2.75, 3.05) is 6.61 Å². The minimum atomic E-state index is -1.51. The smallest absolute Gasteiger partial charge is 0.342 e. The van der Waals surface area contributed by atoms with E-state index in [0.29, 0.717) is 5.75 Å². The summed E-state index contributed by atoms with van der Waals surface area (Å²) in [6, 6.07) is 12.7. The summed E-state index contributed by atoms with van der Waals surface area (Å²) in [5.74, 6) is -0.482. The maximum absolute atomic E-state index is 11.4. The van der Waals surface area contributed by atoms with E-state index < -0.39 is 18.7 Å². The quantitative estimate of drug-likeness (QED) is 0.614. The molecule has 0 saturated heterocycles. The lowest BCUT2D eigenvalue weighted by Crippen LogP contribution is -2.28. The molecule has 1 atom stereocenters. The number of benzene rings is 2. The van der Waals surface area contributed by atoms with Crippen LogP contribution < -0.4 is 4.74 Å². The van der Waals surface area contributed by atoms with Crippen molar-refractivity contribution >= 4 is 16.7 Å². The molecule has 0 radical (unpaired) electrons. The summed E-state index contributed by atoms with van der Waals surface area (Å²) < 4.78 is 5.03. The Morgan fingerprint density at radius 1 is 1.18 bits per heavy atom. The molecule has 0 aromatic heterocycles. The Morgan fingerprint density at radius 3 is 2.65 bits per heavy atom. The summed E-state index contributed by atoms with van der Waals surface area (Å²) in [5, 5.41) is 19.5. The Hall–Kier alpha value is -1.91. The third-order valence-corrected chi connectivity index (χ3v) is 2.41. The molecule has 0 bridgehead atoms. The first-order valence-corrected chi connectivity index (χ1v) is 5.21. The van der Waals surface area contributed by atoms with Crippen LogP contribution >= 0.6 is 0 Å². The number of fused-ring (bicyclic) bond motifs is 1. The van der Waals surface area contributed by atoms with Crippen molar-refractivity contribution in [3.8, 4) is 5.75 Å². The molecule has 1 unspecified atom stereocenters. The number of esters is 1. The second-order valence-corrected chi connectivity index (χ2v) is 3.60. The molecule has 2 aromatic rings. The molecule has 0 aliphatic rings. The van der Waals surface area contributed by atoms with Crippen LogP contribution in [0, 0.1) is 0 Å². The van der Waals surface area contributed by atoms with Crippen LogP contribution in [0.2, 0.25) is 0 Å². The van der Waals surface area contributed by atoms with Crippen molar-refractivity contribution in [3.05, 3.63) is 42.5 Å². The van der Waals surface area contributed by atoms with Gasteiger partial charge >= 0.3 is 5.97 Å². The molecule has 0 aliphatic heterocycles. The summed E-state index contributed by atoms with van der Waals surface area (Å²) in [5.41, 5.74) is 0. The minimum absolute atomic E-state index is 0.376. The standard InChI is InChI=1S/C13H12O4/c14-8-11(15)13(16)17-12-7-3-5-9-4-1-2-6-10(9)12/h1-7,11,14-15H,8H2. The summed E-state index contributed by atoms with van der Waals surface area (Å²) in [4.78, 5) is 11.4. The second-order valence-electron chi connectivity index (χ2n) is 3.60. The van der Waals surface area contributed by atoms with Crippen molar-refractivity contribution in [1.29, 1.82) is 0 Å². The fourth-order valence-electron chi connectivity index (χ4n) is 1.54. The molecular formula is C13H12O4. The van der Waals surface area contributed by atoms with Crippen LogP contribution in [0.3, 0.4) is 0 Å². The molecule has 0 aliphatic carbocycles. The van der Waals surface area contributed by atoms with E-state index in [1.165, 1.54) is 0 Å². The van der Waals surface area contributed by atoms with E-state index in [2.05, 4.69) is 0 Å². The van der Waals surface area contributed by atoms with Crippen molar-refractivity contribution in [2.45, 2.75) is 6.10 Å². The van der Waals surface area contributed by atoms with E-state index in [4.69, 9.17) is 14.9 Å². The van der Waals surface area contributed by atoms with Crippen LogP contribution in [0.5, 0.6) is 5.75 Å². The molecule has 2 N–H and O–H groups in total. The fourth-order valence-corrected chi connectivity index (χ4v) is 1.54. The van der Waals surface area contributed by atoms with Gasteiger partial charge in [0.15, 0.2) is 6.10 Å². The van der Waals surface area contributed by atoms with Gasteiger partial charge in [-0.3, -0.25) is 0 Å². The van der Waals surface area contributed by atoms with E-state index in [1.807, 2.05) is 30.3 Å². The first kappa shape index (κ1) is 11.6. The number of aliphatic hydroxyl groups excluding tert-OH is 2. The third-order valence-electron chi connectivity index (χ3n) is 2.41. The normalized spacial score (nSPS) is 12.4. The van der Waals surface area contributed by atoms with Gasteiger partial charge in [-0.25, -0.2) is 4.79 Å². The first-order chi connectivity index (χ1) is 8.22. The van der Waals surface area contributed by atoms with Gasteiger partial charge < -0.3 is 14.9 Å². The van der Waals surface area contributed by atoms with Crippen LogP contribution in [0.4, 0.5) is 0 Å². The number of ether oxygens (including phenoxy) is 1. The number of rotatable bonds is 3. The minimum Gasteiger partial charge on any atom is -0.424 e. The van der Waals surface area contributed by atoms with Crippen LogP contribution in [0.1, 0.15) is 0 Å². The van der Waals surface area contributed by atoms with Crippen molar-refractivity contribution in [3.63, 3.8) is 0 Å². The average molecular weight is 232 g/mol. The SMILES string of the molecule is O=C(Oc1cccc2ccccc12)C(O)CO. The molecule has 88 valence electrons. The van der Waals surface area contributed by atoms with Crippen molar-refractivity contribution in [2.24, 2.45) is 0 Å². The molecule has 2 aromatic carbocycles. The van der Waals surface area contributed by atoms with Crippen LogP contribution in [0.25, 0.3) is 10.8 Å². The molecule has 2 rings (SSSR count). The highest BCUT2D eigenvalue weighted by Crippen LogP contribution is 2.25. The monoisotopic (exact) mass is 232 g/mol. The number of aliphatic hydroxyl groups is 2. The summed E-state index contributed by atoms with van der Waals surface area (Å²) in [7, 11) is 0. The Labute approximate surface area is 98.1 Å². The molecule has 0 fully saturated rings. The fraction of sp³-hybridized carbons (Fsp3) is 0.154. The molecule has 0 spiro atoms. The molecule has 0 amide bonds. The molecular weight excluding hydrogens is 220 g/mol. The zero-order valence-corrected chi connectivity index (χ0v) is 9.04. The molecule has 17 heavy (non-hydrogen) atoms. The van der Waals surface area contributed by atoms with Gasteiger partial charge in [-0.15, -0.1) is 0 Å². The second kappa shape index (κ2) is 4.95. The third kappa shape index (κ3) is 2.43. The molecule has 4 nitrogen and oxygen atoms in total. The van der Waals surface area contributed by atoms with Gasteiger partial charge in [-0.2, -0.15) is 0 Å². The molecule has 0 saturated carbocycles. The van der Waals surface area contributed by atoms with E-state index in [1.54, 1.807) is 12.1 Å². The Kier molecular flexibility index (Phi) is 3.37. The highest BCUT2D eigenvalue weighted by molar-refractivity contribution is 5.90. The predicted molar refractivity (Wildman–Crippen MR) is 62.7 cm³/mol. The number of carbonyl (C=O) groups excluding carboxylic acids is 1. The van der Waals surface area contributed by atoms with Gasteiger partial charge in [0.05, 0.1) is 6.61 Å². The topological polar surface area (TPSA) is 66.8 Å². The van der Waals surface area contributed by atoms with Gasteiger partial charge in [0, 0.05) is 5.39 Å². The van der Waals surface area contributed by atoms with Crippen molar-refractivity contribution in [1.82, 2.24) is 0 Å². The average Bonchev–Trinajstić information content (AvgIpc) is 2.38. The zero-order valence-electron chi connectivity index (χ0n) is 9.04. The summed E-state index contributed by atoms with van der Waals surface area (Å²) >= 11 is 0. The lowest BCUT2D eigenvalue weighted by molar-refractivity contribution is -0.145. The van der Waals surface area contributed by atoms with Crippen LogP contribution in [-0.2, 0) is 4.79 Å². The molecule has 4 heteroatoms. The lowest BCUT2D eigenvalue weighted by Gasteiger charge is -2.09. The van der Waals surface area contributed by atoms with E-state index >= 15 is 0 Å². The van der Waals surface area contributed by atoms with Gasteiger partial charge in [0.2, 0.25) is 0 Å². The van der Waals surface area contributed by atoms with Crippen molar-refractivity contribution < 1.29 is 19.7 Å². The van der Waals surface area contributed by atoms with E-state index in [9.17, 15) is 4.79 Å². The number of carbonyl (C=O) groups is 1. The van der Waals surface area contributed by atoms with Crippen LogP contribution in [-0.4, -0.2) is 28.9 Å². The number of hydrogen-bond acceptors (Lipinski definition) is 4. The Balaban J connectivity index is 2.33. The highest BCUT2D eigenvalue weighted by Gasteiger charge is 2.16. The highest BCUT2D eigenvalue weighted by atomic mass is 16.6. The van der Waals surface area contributed by atoms with E-state index in [-0.39, 0.29) is 0 Å². The van der Waals surface area contributed by atoms with Gasteiger partial charge in [0.25, 0.3) is 0 Å². The Bertz CT molecular complexity index is 530. The molecule has 0 heterocycles. The van der Waals surface area contributed by atoms with E-state index in [0.717, 1.165) is 10.8 Å². The Morgan fingerprint density at radius 2 is 1.88 bits per heavy atom. The lowest BCUT2D eigenvalue weighted by atomic mass is 10.1. The number of hydrogen-bond donors (Lipinski definition) is 2. The maximum Gasteiger partial charge on any atom is 0.342 e.